The molecule has 0 aliphatic carbocycles. The van der Waals surface area contributed by atoms with E-state index in [1.165, 1.54) is 10.2 Å². The number of carbonyl (C=O) groups excluding carboxylic acids is 1. The number of nitrogen functional groups attached to an aromatic ring is 1. The van der Waals surface area contributed by atoms with Crippen molar-refractivity contribution in [3.05, 3.63) is 46.8 Å². The molecule has 0 bridgehead atoms. The van der Waals surface area contributed by atoms with E-state index in [1.807, 2.05) is 24.3 Å². The van der Waals surface area contributed by atoms with Gasteiger partial charge in [-0.25, -0.2) is 10.1 Å². The third-order valence-corrected chi connectivity index (χ3v) is 4.92. The second kappa shape index (κ2) is 9.45. The number of ether oxygens (including phenoxy) is 1. The Morgan fingerprint density at radius 2 is 2.03 bits per heavy atom. The summed E-state index contributed by atoms with van der Waals surface area (Å²) in [5, 5.41) is 19.5. The highest BCUT2D eigenvalue weighted by Gasteiger charge is 2.26. The second-order valence-electron chi connectivity index (χ2n) is 6.95. The van der Waals surface area contributed by atoms with Gasteiger partial charge in [-0.1, -0.05) is 36.4 Å². The predicted octanol–water partition coefficient (Wildman–Crippen LogP) is 0.391. The van der Waals surface area contributed by atoms with Gasteiger partial charge in [0.25, 0.3) is 5.91 Å². The molecule has 4 rings (SSSR count). The fourth-order valence-electron chi connectivity index (χ4n) is 3.16. The average molecular weight is 425 g/mol. The van der Waals surface area contributed by atoms with Crippen LogP contribution in [-0.2, 0) is 17.7 Å². The number of aryl methyl sites for hydroxylation is 1. The molecule has 1 saturated heterocycles. The number of hydrazone groups is 1. The number of nitrogens with zero attached hydrogens (tertiary/aromatic N) is 7. The monoisotopic (exact) mass is 425 g/mol. The van der Waals surface area contributed by atoms with Crippen LogP contribution in [-0.4, -0.2) is 68.6 Å². The highest BCUT2D eigenvalue weighted by atomic mass is 16.6. The number of hydrogen-bond donors (Lipinski definition) is 2. The number of nitrogens with one attached hydrogen (secondary N) is 1. The Labute approximate surface area is 178 Å². The van der Waals surface area contributed by atoms with Crippen LogP contribution < -0.4 is 11.2 Å². The van der Waals surface area contributed by atoms with Gasteiger partial charge in [0.1, 0.15) is 0 Å². The smallest absolute Gasteiger partial charge is 0.293 e. The first-order valence-electron chi connectivity index (χ1n) is 9.91. The molecular weight excluding hydrogens is 402 g/mol. The SMILES string of the molecule is CCc1ccc(/C=N\NC(=O)c2nnn(-c3nonc3N)c2CN2CCOCC2)cc1. The van der Waals surface area contributed by atoms with Gasteiger partial charge >= 0.3 is 0 Å². The van der Waals surface area contributed by atoms with Gasteiger partial charge in [-0.2, -0.15) is 9.78 Å². The molecular formula is C19H23N9O3. The number of amides is 1. The summed E-state index contributed by atoms with van der Waals surface area (Å²) in [4.78, 5) is 14.9. The summed E-state index contributed by atoms with van der Waals surface area (Å²) in [6.45, 7) is 5.13. The van der Waals surface area contributed by atoms with Gasteiger partial charge in [-0.05, 0) is 27.9 Å². The lowest BCUT2D eigenvalue weighted by Crippen LogP contribution is -2.37. The Morgan fingerprint density at radius 1 is 1.26 bits per heavy atom. The first-order chi connectivity index (χ1) is 15.2. The van der Waals surface area contributed by atoms with Gasteiger partial charge in [-0.3, -0.25) is 9.69 Å². The van der Waals surface area contributed by atoms with Crippen LogP contribution in [0.2, 0.25) is 0 Å². The summed E-state index contributed by atoms with van der Waals surface area (Å²) >= 11 is 0. The molecule has 1 fully saturated rings. The summed E-state index contributed by atoms with van der Waals surface area (Å²) in [6, 6.07) is 7.92. The molecule has 0 atom stereocenters. The molecule has 162 valence electrons. The maximum absolute atomic E-state index is 12.8. The zero-order valence-corrected chi connectivity index (χ0v) is 17.1. The maximum atomic E-state index is 12.8. The van der Waals surface area contributed by atoms with Crippen molar-refractivity contribution in [2.24, 2.45) is 5.10 Å². The van der Waals surface area contributed by atoms with Crippen molar-refractivity contribution in [3.63, 3.8) is 0 Å². The molecule has 0 saturated carbocycles. The van der Waals surface area contributed by atoms with E-state index in [0.29, 0.717) is 38.5 Å². The van der Waals surface area contributed by atoms with E-state index in [-0.39, 0.29) is 17.3 Å². The normalized spacial score (nSPS) is 14.9. The Bertz CT molecular complexity index is 1050. The van der Waals surface area contributed by atoms with E-state index in [2.05, 4.69) is 47.6 Å². The maximum Gasteiger partial charge on any atom is 0.293 e. The van der Waals surface area contributed by atoms with Crippen LogP contribution in [0.4, 0.5) is 5.82 Å². The van der Waals surface area contributed by atoms with Crippen molar-refractivity contribution in [2.75, 3.05) is 32.0 Å². The molecule has 1 amide bonds. The van der Waals surface area contributed by atoms with Crippen molar-refractivity contribution in [2.45, 2.75) is 19.9 Å². The number of aromatic nitrogens is 5. The summed E-state index contributed by atoms with van der Waals surface area (Å²) in [5.41, 5.74) is 11.0. The molecule has 0 unspecified atom stereocenters. The Balaban J connectivity index is 1.54. The molecule has 3 aromatic rings. The molecule has 1 aliphatic heterocycles. The number of morpholine rings is 1. The number of carbonyl (C=O) groups is 1. The number of nitrogens with two attached hydrogens (primary N) is 1. The largest absolute Gasteiger partial charge is 0.379 e. The van der Waals surface area contributed by atoms with Crippen molar-refractivity contribution in [3.8, 4) is 5.82 Å². The van der Waals surface area contributed by atoms with E-state index >= 15 is 0 Å². The van der Waals surface area contributed by atoms with Crippen LogP contribution in [0, 0.1) is 0 Å². The Morgan fingerprint density at radius 3 is 2.71 bits per heavy atom. The van der Waals surface area contributed by atoms with E-state index < -0.39 is 5.91 Å². The van der Waals surface area contributed by atoms with Crippen LogP contribution in [0.15, 0.2) is 34.0 Å². The van der Waals surface area contributed by atoms with Crippen molar-refractivity contribution < 1.29 is 14.2 Å². The predicted molar refractivity (Wildman–Crippen MR) is 111 cm³/mol. The lowest BCUT2D eigenvalue weighted by Gasteiger charge is -2.26. The van der Waals surface area contributed by atoms with Gasteiger partial charge in [0.15, 0.2) is 5.69 Å². The Kier molecular flexibility index (Phi) is 6.29. The standard InChI is InChI=1S/C19H23N9O3/c1-2-13-3-5-14(6-4-13)11-21-23-19(29)16-15(12-27-7-9-30-10-8-27)28(26-22-16)18-17(20)24-31-25-18/h3-6,11H,2,7-10,12H2,1H3,(H2,20,24)(H,23,29)/b21-11-. The number of benzene rings is 1. The highest BCUT2D eigenvalue weighted by molar-refractivity contribution is 5.94. The molecule has 31 heavy (non-hydrogen) atoms. The molecule has 3 heterocycles. The molecule has 2 aromatic heterocycles. The Hall–Kier alpha value is -3.64. The summed E-state index contributed by atoms with van der Waals surface area (Å²) < 4.78 is 11.4. The van der Waals surface area contributed by atoms with Crippen LogP contribution >= 0.6 is 0 Å². The summed E-state index contributed by atoms with van der Waals surface area (Å²) in [5.74, 6) is -0.270. The van der Waals surface area contributed by atoms with Gasteiger partial charge in [0.2, 0.25) is 11.6 Å². The van der Waals surface area contributed by atoms with Gasteiger partial charge in [-0.15, -0.1) is 5.10 Å². The molecule has 1 aromatic carbocycles. The van der Waals surface area contributed by atoms with Gasteiger partial charge in [0.05, 0.1) is 25.1 Å². The van der Waals surface area contributed by atoms with Crippen LogP contribution in [0.5, 0.6) is 0 Å². The minimum atomic E-state index is -0.494. The molecule has 0 spiro atoms. The van der Waals surface area contributed by atoms with Crippen LogP contribution in [0.3, 0.4) is 0 Å². The van der Waals surface area contributed by atoms with Crippen molar-refractivity contribution in [1.29, 1.82) is 0 Å². The van der Waals surface area contributed by atoms with E-state index in [1.54, 1.807) is 6.21 Å². The van der Waals surface area contributed by atoms with Crippen molar-refractivity contribution in [1.82, 2.24) is 35.6 Å². The summed E-state index contributed by atoms with van der Waals surface area (Å²) in [6.07, 6.45) is 2.53. The van der Waals surface area contributed by atoms with E-state index in [4.69, 9.17) is 10.5 Å². The fourth-order valence-corrected chi connectivity index (χ4v) is 3.16. The van der Waals surface area contributed by atoms with E-state index in [9.17, 15) is 4.79 Å². The third kappa shape index (κ3) is 4.75. The minimum Gasteiger partial charge on any atom is -0.379 e. The first-order valence-corrected chi connectivity index (χ1v) is 9.91. The fraction of sp³-hybridized carbons (Fsp3) is 0.368. The first kappa shape index (κ1) is 20.6. The molecule has 0 radical (unpaired) electrons. The lowest BCUT2D eigenvalue weighted by molar-refractivity contribution is 0.0332. The minimum absolute atomic E-state index is 0.0497. The zero-order chi connectivity index (χ0) is 21.6. The lowest BCUT2D eigenvalue weighted by atomic mass is 10.1. The highest BCUT2D eigenvalue weighted by Crippen LogP contribution is 2.18. The van der Waals surface area contributed by atoms with Crippen LogP contribution in [0.25, 0.3) is 5.82 Å². The van der Waals surface area contributed by atoms with E-state index in [0.717, 1.165) is 12.0 Å². The van der Waals surface area contributed by atoms with Crippen LogP contribution in [0.1, 0.15) is 34.2 Å². The second-order valence-corrected chi connectivity index (χ2v) is 6.95. The molecule has 3 N–H and O–H groups in total. The number of anilines is 1. The van der Waals surface area contributed by atoms with Gasteiger partial charge < -0.3 is 10.5 Å². The summed E-state index contributed by atoms with van der Waals surface area (Å²) in [7, 11) is 0. The average Bonchev–Trinajstić information content (AvgIpc) is 3.40. The van der Waals surface area contributed by atoms with Crippen molar-refractivity contribution >= 4 is 17.9 Å². The number of rotatable bonds is 7. The third-order valence-electron chi connectivity index (χ3n) is 4.92. The molecule has 12 heteroatoms. The van der Waals surface area contributed by atoms with Gasteiger partial charge in [0, 0.05) is 19.6 Å². The molecule has 1 aliphatic rings. The molecule has 12 nitrogen and oxygen atoms in total. The quantitative estimate of drug-likeness (QED) is 0.405. The zero-order valence-electron chi connectivity index (χ0n) is 17.1. The topological polar surface area (TPSA) is 150 Å². The number of hydrogen-bond acceptors (Lipinski definition) is 10.